The van der Waals surface area contributed by atoms with E-state index in [2.05, 4.69) is 54.9 Å². The van der Waals surface area contributed by atoms with Crippen LogP contribution in [0.25, 0.3) is 51.4 Å². The molecule has 1 aliphatic rings. The van der Waals surface area contributed by atoms with Gasteiger partial charge in [-0.25, -0.2) is 4.98 Å². The van der Waals surface area contributed by atoms with Crippen molar-refractivity contribution in [3.05, 3.63) is 89.5 Å². The van der Waals surface area contributed by atoms with Crippen LogP contribution in [0.2, 0.25) is 0 Å². The number of rotatable bonds is 6. The molecule has 0 saturated heterocycles. The smallest absolute Gasteiger partial charge is 0.138 e. The Balaban J connectivity index is 1.37. The van der Waals surface area contributed by atoms with Crippen molar-refractivity contribution in [1.29, 1.82) is 0 Å². The van der Waals surface area contributed by atoms with Crippen molar-refractivity contribution in [2.24, 2.45) is 5.92 Å². The zero-order chi connectivity index (χ0) is 25.9. The summed E-state index contributed by atoms with van der Waals surface area (Å²) in [5.74, 6) is 0.770. The minimum absolute atomic E-state index is 0.770. The molecule has 6 rings (SSSR count). The summed E-state index contributed by atoms with van der Waals surface area (Å²) in [6.07, 6.45) is 19.5. The van der Waals surface area contributed by atoms with Crippen molar-refractivity contribution >= 4 is 28.8 Å². The first kappa shape index (κ1) is 24.0. The van der Waals surface area contributed by atoms with E-state index in [1.165, 1.54) is 37.7 Å². The van der Waals surface area contributed by atoms with Crippen molar-refractivity contribution < 1.29 is 0 Å². The summed E-state index contributed by atoms with van der Waals surface area (Å²) >= 11 is 0. The maximum Gasteiger partial charge on any atom is 0.138 e. The van der Waals surface area contributed by atoms with Gasteiger partial charge in [-0.05, 0) is 72.4 Å². The van der Waals surface area contributed by atoms with Gasteiger partial charge in [-0.3, -0.25) is 15.1 Å². The van der Waals surface area contributed by atoms with Crippen molar-refractivity contribution in [3.8, 4) is 22.6 Å². The Hall–Kier alpha value is -4.32. The highest BCUT2D eigenvalue weighted by Crippen LogP contribution is 2.29. The topological polar surface area (TPSA) is 83.1 Å². The monoisotopic (exact) mass is 500 g/mol. The van der Waals surface area contributed by atoms with E-state index in [1.807, 2.05) is 62.1 Å². The predicted octanol–water partition coefficient (Wildman–Crippen LogP) is 5.83. The number of aromatic amines is 2. The normalized spacial score (nSPS) is 15.4. The Morgan fingerprint density at radius 1 is 1.05 bits per heavy atom. The molecule has 38 heavy (non-hydrogen) atoms. The van der Waals surface area contributed by atoms with E-state index in [0.717, 1.165) is 67.7 Å². The number of pyridine rings is 3. The summed E-state index contributed by atoms with van der Waals surface area (Å²) in [5.41, 5.74) is 7.72. The van der Waals surface area contributed by atoms with Gasteiger partial charge < -0.3 is 4.98 Å². The highest BCUT2D eigenvalue weighted by molar-refractivity contribution is 5.95. The number of hydrogen-bond donors (Lipinski definition) is 2. The van der Waals surface area contributed by atoms with Gasteiger partial charge in [-0.15, -0.1) is 0 Å². The van der Waals surface area contributed by atoms with Crippen LogP contribution in [0.5, 0.6) is 0 Å². The van der Waals surface area contributed by atoms with Crippen LogP contribution in [0.4, 0.5) is 0 Å². The molecule has 5 aromatic heterocycles. The lowest BCUT2D eigenvalue weighted by Crippen LogP contribution is -2.23. The van der Waals surface area contributed by atoms with E-state index in [1.54, 1.807) is 0 Å². The minimum atomic E-state index is 0.770. The van der Waals surface area contributed by atoms with Gasteiger partial charge in [0.25, 0.3) is 0 Å². The van der Waals surface area contributed by atoms with Gasteiger partial charge in [0.05, 0.1) is 16.7 Å². The second-order valence-electron chi connectivity index (χ2n) is 10.2. The third-order valence-electron chi connectivity index (χ3n) is 7.58. The van der Waals surface area contributed by atoms with Gasteiger partial charge in [0.1, 0.15) is 11.3 Å². The Kier molecular flexibility index (Phi) is 6.69. The highest BCUT2D eigenvalue weighted by Gasteiger charge is 2.16. The third-order valence-corrected chi connectivity index (χ3v) is 7.58. The zero-order valence-corrected chi connectivity index (χ0v) is 21.7. The fraction of sp³-hybridized carbons (Fsp3) is 0.250. The average Bonchev–Trinajstić information content (AvgIpc) is 3.58. The molecular weight excluding hydrogens is 468 g/mol. The van der Waals surface area contributed by atoms with Crippen molar-refractivity contribution in [3.63, 3.8) is 0 Å². The molecule has 0 unspecified atom stereocenters. The molecule has 6 heteroatoms. The Labute approximate surface area is 222 Å². The van der Waals surface area contributed by atoms with E-state index < -0.39 is 0 Å². The molecule has 190 valence electrons. The maximum atomic E-state index is 4.68. The lowest BCUT2D eigenvalue weighted by molar-refractivity contribution is 0.356. The number of hydrogen-bond acceptors (Lipinski definition) is 4. The SMILES string of the molecule is C=C(/C=c1/c(-c2cc3c(-c4ccccn4)ccnc3[nH]2)n[nH]/c1=C/C)c1cncc(CC2CCCCC2)c1. The Morgan fingerprint density at radius 3 is 2.76 bits per heavy atom. The van der Waals surface area contributed by atoms with Crippen molar-refractivity contribution in [1.82, 2.24) is 30.1 Å². The number of allylic oxidation sites excluding steroid dienone is 1. The standard InChI is InChI=1S/C32H32N6/c1-3-28-27(15-21(2)24-17-23(19-33-20-24)16-22-9-5-4-6-10-22)31(38-37-28)30-18-26-25(12-14-35-32(26)36-30)29-11-7-8-13-34-29/h3,7-8,11-15,17-20,22,37H,2,4-6,9-10,16H2,1H3,(H,35,36)/b27-15+,28-3+. The predicted molar refractivity (Wildman–Crippen MR) is 154 cm³/mol. The van der Waals surface area contributed by atoms with Crippen molar-refractivity contribution in [2.75, 3.05) is 0 Å². The lowest BCUT2D eigenvalue weighted by atomic mass is 9.85. The highest BCUT2D eigenvalue weighted by atomic mass is 15.1. The average molecular weight is 501 g/mol. The van der Waals surface area contributed by atoms with Crippen LogP contribution in [0.15, 0.2) is 67.8 Å². The van der Waals surface area contributed by atoms with Crippen LogP contribution in [-0.2, 0) is 6.42 Å². The summed E-state index contributed by atoms with van der Waals surface area (Å²) in [7, 11) is 0. The van der Waals surface area contributed by atoms with Gasteiger partial charge in [0.15, 0.2) is 0 Å². The molecule has 5 aromatic rings. The molecule has 1 aliphatic carbocycles. The number of aromatic nitrogens is 6. The summed E-state index contributed by atoms with van der Waals surface area (Å²) in [4.78, 5) is 17.1. The van der Waals surface area contributed by atoms with Gasteiger partial charge in [-0.2, -0.15) is 5.10 Å². The molecule has 5 heterocycles. The summed E-state index contributed by atoms with van der Waals surface area (Å²) < 4.78 is 0. The first-order chi connectivity index (χ1) is 18.7. The quantitative estimate of drug-likeness (QED) is 0.307. The van der Waals surface area contributed by atoms with Crippen LogP contribution in [0, 0.1) is 5.92 Å². The molecule has 0 amide bonds. The van der Waals surface area contributed by atoms with Crippen LogP contribution >= 0.6 is 0 Å². The van der Waals surface area contributed by atoms with Gasteiger partial charge >= 0.3 is 0 Å². The molecule has 0 radical (unpaired) electrons. The van der Waals surface area contributed by atoms with Crippen LogP contribution in [0.3, 0.4) is 0 Å². The van der Waals surface area contributed by atoms with E-state index >= 15 is 0 Å². The zero-order valence-electron chi connectivity index (χ0n) is 21.7. The van der Waals surface area contributed by atoms with Crippen molar-refractivity contribution in [2.45, 2.75) is 45.4 Å². The molecular formula is C32H32N6. The molecule has 0 aromatic carbocycles. The second kappa shape index (κ2) is 10.6. The fourth-order valence-corrected chi connectivity index (χ4v) is 5.59. The van der Waals surface area contributed by atoms with E-state index in [-0.39, 0.29) is 0 Å². The number of nitrogens with one attached hydrogen (secondary N) is 2. The second-order valence-corrected chi connectivity index (χ2v) is 10.2. The molecule has 6 nitrogen and oxygen atoms in total. The molecule has 1 saturated carbocycles. The van der Waals surface area contributed by atoms with Crippen LogP contribution in [0.1, 0.15) is 50.2 Å². The Morgan fingerprint density at radius 2 is 1.95 bits per heavy atom. The first-order valence-electron chi connectivity index (χ1n) is 13.4. The van der Waals surface area contributed by atoms with E-state index in [9.17, 15) is 0 Å². The molecule has 1 fully saturated rings. The van der Waals surface area contributed by atoms with Gasteiger partial charge in [-0.1, -0.05) is 50.8 Å². The molecule has 0 bridgehead atoms. The molecule has 0 aliphatic heterocycles. The molecule has 0 spiro atoms. The fourth-order valence-electron chi connectivity index (χ4n) is 5.59. The van der Waals surface area contributed by atoms with Gasteiger partial charge in [0.2, 0.25) is 0 Å². The summed E-state index contributed by atoms with van der Waals surface area (Å²) in [6, 6.07) is 12.3. The molecule has 0 atom stereocenters. The first-order valence-corrected chi connectivity index (χ1v) is 13.4. The number of nitrogens with zero attached hydrogens (tertiary/aromatic N) is 4. The van der Waals surface area contributed by atoms with E-state index in [4.69, 9.17) is 0 Å². The third kappa shape index (κ3) is 4.82. The van der Waals surface area contributed by atoms with Gasteiger partial charge in [0, 0.05) is 41.0 Å². The summed E-state index contributed by atoms with van der Waals surface area (Å²) in [6.45, 7) is 6.42. The largest absolute Gasteiger partial charge is 0.338 e. The van der Waals surface area contributed by atoms with Crippen LogP contribution in [-0.4, -0.2) is 30.1 Å². The maximum absolute atomic E-state index is 4.68. The molecule has 2 N–H and O–H groups in total. The summed E-state index contributed by atoms with van der Waals surface area (Å²) in [5, 5.41) is 10.8. The number of H-pyrrole nitrogens is 2. The number of fused-ring (bicyclic) bond motifs is 1. The van der Waals surface area contributed by atoms with E-state index in [0.29, 0.717) is 0 Å². The Bertz CT molecular complexity index is 1700. The van der Waals surface area contributed by atoms with Crippen LogP contribution < -0.4 is 10.6 Å². The lowest BCUT2D eigenvalue weighted by Gasteiger charge is -2.21. The minimum Gasteiger partial charge on any atom is -0.338 e.